The van der Waals surface area contributed by atoms with Gasteiger partial charge in [-0.2, -0.15) is 23.5 Å². The zero-order valence-corrected chi connectivity index (χ0v) is 10.2. The van der Waals surface area contributed by atoms with Crippen LogP contribution in [0, 0.1) is 18.3 Å². The van der Waals surface area contributed by atoms with Crippen molar-refractivity contribution < 1.29 is 18.0 Å². The van der Waals surface area contributed by atoms with Crippen LogP contribution in [0.1, 0.15) is 11.3 Å². The maximum Gasteiger partial charge on any atom is 0.455 e. The van der Waals surface area contributed by atoms with Gasteiger partial charge in [-0.3, -0.25) is 9.89 Å². The van der Waals surface area contributed by atoms with E-state index < -0.39 is 17.5 Å². The average molecular weight is 279 g/mol. The lowest BCUT2D eigenvalue weighted by atomic mass is 10.1. The Morgan fingerprint density at radius 2 is 2.15 bits per heavy atom. The Labute approximate surface area is 111 Å². The van der Waals surface area contributed by atoms with Gasteiger partial charge in [-0.25, -0.2) is 0 Å². The second kappa shape index (κ2) is 4.81. The van der Waals surface area contributed by atoms with Crippen LogP contribution in [0.4, 0.5) is 13.2 Å². The van der Waals surface area contributed by atoms with E-state index in [1.165, 1.54) is 12.1 Å². The summed E-state index contributed by atoms with van der Waals surface area (Å²) in [7, 11) is 0. The topological polar surface area (TPSA) is 69.5 Å². The van der Waals surface area contributed by atoms with Crippen molar-refractivity contribution in [2.45, 2.75) is 13.1 Å². The smallest absolute Gasteiger partial charge is 0.283 e. The normalized spacial score (nSPS) is 12.4. The van der Waals surface area contributed by atoms with Gasteiger partial charge in [-0.15, -0.1) is 0 Å². The Balaban J connectivity index is 2.47. The van der Waals surface area contributed by atoms with Crippen molar-refractivity contribution >= 4 is 22.8 Å². The minimum atomic E-state index is -5.06. The first-order valence-electron chi connectivity index (χ1n) is 5.51. The van der Waals surface area contributed by atoms with E-state index in [0.29, 0.717) is 11.1 Å². The standard InChI is InChI=1S/C13H8F3N3O/c1-7-10-5-8(2-3-11(10)19-18-7)4-9(6-17)12(20)13(14,15)16/h2-5H,1H3,(H,18,19)/b9-4+. The second-order valence-electron chi connectivity index (χ2n) is 4.12. The van der Waals surface area contributed by atoms with Crippen molar-refractivity contribution in [1.82, 2.24) is 10.2 Å². The van der Waals surface area contributed by atoms with Gasteiger partial charge in [-0.05, 0) is 30.7 Å². The van der Waals surface area contributed by atoms with Crippen molar-refractivity contribution in [3.63, 3.8) is 0 Å². The van der Waals surface area contributed by atoms with E-state index in [-0.39, 0.29) is 0 Å². The number of carbonyl (C=O) groups is 1. The van der Waals surface area contributed by atoms with Crippen LogP contribution in [0.2, 0.25) is 0 Å². The van der Waals surface area contributed by atoms with Crippen LogP contribution in [-0.4, -0.2) is 22.2 Å². The minimum Gasteiger partial charge on any atom is -0.283 e. The maximum absolute atomic E-state index is 12.3. The van der Waals surface area contributed by atoms with Crippen LogP contribution in [0.3, 0.4) is 0 Å². The average Bonchev–Trinajstić information content (AvgIpc) is 2.75. The molecule has 0 saturated heterocycles. The fourth-order valence-corrected chi connectivity index (χ4v) is 1.71. The number of nitrogens with one attached hydrogen (secondary N) is 1. The molecule has 0 radical (unpaired) electrons. The lowest BCUT2D eigenvalue weighted by molar-refractivity contribution is -0.165. The molecule has 2 aromatic rings. The van der Waals surface area contributed by atoms with E-state index in [4.69, 9.17) is 5.26 Å². The molecule has 0 bridgehead atoms. The van der Waals surface area contributed by atoms with E-state index in [1.54, 1.807) is 19.1 Å². The summed E-state index contributed by atoms with van der Waals surface area (Å²) in [6.45, 7) is 1.76. The quantitative estimate of drug-likeness (QED) is 0.678. The highest BCUT2D eigenvalue weighted by atomic mass is 19.4. The fourth-order valence-electron chi connectivity index (χ4n) is 1.71. The summed E-state index contributed by atoms with van der Waals surface area (Å²) < 4.78 is 36.9. The molecule has 0 spiro atoms. The molecule has 0 fully saturated rings. The molecule has 102 valence electrons. The Morgan fingerprint density at radius 3 is 2.75 bits per heavy atom. The molecule has 1 aromatic carbocycles. The number of halogens is 3. The number of allylic oxidation sites excluding steroid dienone is 1. The van der Waals surface area contributed by atoms with Crippen molar-refractivity contribution in [2.75, 3.05) is 0 Å². The summed E-state index contributed by atoms with van der Waals surface area (Å²) >= 11 is 0. The van der Waals surface area contributed by atoms with Crippen molar-refractivity contribution in [1.29, 1.82) is 5.26 Å². The van der Waals surface area contributed by atoms with Crippen LogP contribution in [0.5, 0.6) is 0 Å². The number of benzene rings is 1. The highest BCUT2D eigenvalue weighted by molar-refractivity contribution is 6.06. The van der Waals surface area contributed by atoms with Gasteiger partial charge in [0.15, 0.2) is 0 Å². The lowest BCUT2D eigenvalue weighted by Gasteiger charge is -2.03. The molecule has 2 rings (SSSR count). The molecule has 0 aliphatic rings. The van der Waals surface area contributed by atoms with Gasteiger partial charge in [0, 0.05) is 11.1 Å². The SMILES string of the molecule is Cc1[nH]nc2ccc(/C=C(\C#N)C(=O)C(F)(F)F)cc12. The first-order chi connectivity index (χ1) is 9.32. The van der Waals surface area contributed by atoms with Gasteiger partial charge in [0.05, 0.1) is 5.52 Å². The van der Waals surface area contributed by atoms with Gasteiger partial charge in [-0.1, -0.05) is 6.07 Å². The number of nitriles is 1. The molecule has 4 nitrogen and oxygen atoms in total. The Bertz CT molecular complexity index is 750. The fraction of sp³-hybridized carbons (Fsp3) is 0.154. The summed E-state index contributed by atoms with van der Waals surface area (Å²) in [5, 5.41) is 16.1. The van der Waals surface area contributed by atoms with Crippen molar-refractivity contribution in [2.24, 2.45) is 0 Å². The third kappa shape index (κ3) is 2.54. The molecular formula is C13H8F3N3O. The first-order valence-corrected chi connectivity index (χ1v) is 5.51. The highest BCUT2D eigenvalue weighted by Gasteiger charge is 2.40. The third-order valence-corrected chi connectivity index (χ3v) is 2.70. The summed E-state index contributed by atoms with van der Waals surface area (Å²) in [5.41, 5.74) is 0.783. The Kier molecular flexibility index (Phi) is 3.32. The number of aromatic amines is 1. The van der Waals surface area contributed by atoms with Gasteiger partial charge >= 0.3 is 6.18 Å². The largest absolute Gasteiger partial charge is 0.455 e. The number of rotatable bonds is 2. The molecule has 1 N–H and O–H groups in total. The van der Waals surface area contributed by atoms with E-state index >= 15 is 0 Å². The molecule has 0 amide bonds. The number of aryl methyl sites for hydroxylation is 1. The molecule has 7 heteroatoms. The lowest BCUT2D eigenvalue weighted by Crippen LogP contribution is -2.23. The van der Waals surface area contributed by atoms with Gasteiger partial charge in [0.1, 0.15) is 11.6 Å². The number of fused-ring (bicyclic) bond motifs is 1. The number of aromatic nitrogens is 2. The molecule has 20 heavy (non-hydrogen) atoms. The monoisotopic (exact) mass is 279 g/mol. The van der Waals surface area contributed by atoms with Crippen LogP contribution < -0.4 is 0 Å². The van der Waals surface area contributed by atoms with Crippen molar-refractivity contribution in [3.8, 4) is 6.07 Å². The van der Waals surface area contributed by atoms with E-state index in [2.05, 4.69) is 10.2 Å². The summed E-state index contributed by atoms with van der Waals surface area (Å²) in [6, 6.07) is 5.93. The molecule has 0 aliphatic carbocycles. The highest BCUT2D eigenvalue weighted by Crippen LogP contribution is 2.23. The number of carbonyl (C=O) groups excluding carboxylic acids is 1. The number of hydrogen-bond acceptors (Lipinski definition) is 3. The number of hydrogen-bond donors (Lipinski definition) is 1. The van der Waals surface area contributed by atoms with E-state index in [0.717, 1.165) is 17.2 Å². The summed E-state index contributed by atoms with van der Waals surface area (Å²) in [5.74, 6) is -2.15. The van der Waals surface area contributed by atoms with Gasteiger partial charge in [0.2, 0.25) is 0 Å². The molecule has 0 unspecified atom stereocenters. The summed E-state index contributed by atoms with van der Waals surface area (Å²) in [6.07, 6.45) is -4.14. The molecule has 0 aliphatic heterocycles. The van der Waals surface area contributed by atoms with Gasteiger partial charge < -0.3 is 0 Å². The van der Waals surface area contributed by atoms with Crippen LogP contribution in [0.15, 0.2) is 23.8 Å². The Morgan fingerprint density at radius 1 is 1.45 bits per heavy atom. The van der Waals surface area contributed by atoms with Crippen LogP contribution in [-0.2, 0) is 4.79 Å². The van der Waals surface area contributed by atoms with E-state index in [1.807, 2.05) is 0 Å². The molecule has 1 heterocycles. The zero-order chi connectivity index (χ0) is 14.9. The zero-order valence-electron chi connectivity index (χ0n) is 10.2. The summed E-state index contributed by atoms with van der Waals surface area (Å²) in [4.78, 5) is 11.0. The van der Waals surface area contributed by atoms with E-state index in [9.17, 15) is 18.0 Å². The number of Topliss-reactive ketones (excluding diaryl/α,β-unsaturated/α-hetero) is 1. The number of H-pyrrole nitrogens is 1. The predicted octanol–water partition coefficient (Wildman–Crippen LogP) is 2.91. The first kappa shape index (κ1) is 13.8. The second-order valence-corrected chi connectivity index (χ2v) is 4.12. The molecule has 0 saturated carbocycles. The van der Waals surface area contributed by atoms with Gasteiger partial charge in [0.25, 0.3) is 5.78 Å². The predicted molar refractivity (Wildman–Crippen MR) is 65.5 cm³/mol. The Hall–Kier alpha value is -2.62. The molecule has 1 aromatic heterocycles. The number of alkyl halides is 3. The van der Waals surface area contributed by atoms with Crippen LogP contribution in [0.25, 0.3) is 17.0 Å². The van der Waals surface area contributed by atoms with Crippen LogP contribution >= 0.6 is 0 Å². The third-order valence-electron chi connectivity index (χ3n) is 2.70. The molecule has 0 atom stereocenters. The molecular weight excluding hydrogens is 271 g/mol. The number of nitrogens with zero attached hydrogens (tertiary/aromatic N) is 2. The van der Waals surface area contributed by atoms with Crippen molar-refractivity contribution in [3.05, 3.63) is 35.0 Å². The maximum atomic E-state index is 12.3. The number of ketones is 1. The minimum absolute atomic E-state index is 0.330.